The Hall–Kier alpha value is -4.40. The van der Waals surface area contributed by atoms with E-state index in [0.717, 1.165) is 33.4 Å². The van der Waals surface area contributed by atoms with Crippen molar-refractivity contribution in [2.75, 3.05) is 5.32 Å². The van der Waals surface area contributed by atoms with Crippen molar-refractivity contribution in [1.29, 1.82) is 0 Å². The number of nitrogens with one attached hydrogen (secondary N) is 1. The van der Waals surface area contributed by atoms with E-state index < -0.39 is 11.7 Å². The van der Waals surface area contributed by atoms with Crippen LogP contribution in [0, 0.1) is 6.92 Å². The van der Waals surface area contributed by atoms with Crippen LogP contribution in [0.5, 0.6) is 11.6 Å². The number of carbonyl (C=O) groups excluding carboxylic acids is 2. The van der Waals surface area contributed by atoms with E-state index in [1.54, 1.807) is 21.7 Å². The monoisotopic (exact) mass is 485 g/mol. The Bertz CT molecular complexity index is 1470. The lowest BCUT2D eigenvalue weighted by molar-refractivity contribution is 0.0240. The lowest BCUT2D eigenvalue weighted by Gasteiger charge is -2.23. The third kappa shape index (κ3) is 4.86. The third-order valence-corrected chi connectivity index (χ3v) is 5.70. The molecule has 2 amide bonds. The SMILES string of the molecule is Cc1cccc(NC(=O)n2ccc3cc(Oc4ncnc5c4CN(C(=O)OC(C)(C)C)C5)ccc32)c1. The van der Waals surface area contributed by atoms with Crippen molar-refractivity contribution in [2.45, 2.75) is 46.4 Å². The van der Waals surface area contributed by atoms with Crippen molar-refractivity contribution in [3.8, 4) is 11.6 Å². The Morgan fingerprint density at radius 1 is 1.03 bits per heavy atom. The highest BCUT2D eigenvalue weighted by Crippen LogP contribution is 2.33. The Morgan fingerprint density at radius 3 is 2.64 bits per heavy atom. The average molecular weight is 486 g/mol. The van der Waals surface area contributed by atoms with Gasteiger partial charge in [0.1, 0.15) is 17.7 Å². The molecule has 0 atom stereocenters. The van der Waals surface area contributed by atoms with Crippen LogP contribution in [0.4, 0.5) is 15.3 Å². The van der Waals surface area contributed by atoms with Crippen molar-refractivity contribution in [3.05, 3.63) is 77.9 Å². The summed E-state index contributed by atoms with van der Waals surface area (Å²) >= 11 is 0. The zero-order valence-electron chi connectivity index (χ0n) is 20.6. The number of rotatable bonds is 3. The largest absolute Gasteiger partial charge is 0.444 e. The Labute approximate surface area is 208 Å². The van der Waals surface area contributed by atoms with E-state index in [1.807, 2.05) is 70.2 Å². The fourth-order valence-electron chi connectivity index (χ4n) is 4.08. The molecule has 9 nitrogen and oxygen atoms in total. The first kappa shape index (κ1) is 23.3. The molecule has 0 spiro atoms. The molecule has 0 fully saturated rings. The van der Waals surface area contributed by atoms with Crippen LogP contribution in [-0.2, 0) is 17.8 Å². The zero-order chi connectivity index (χ0) is 25.4. The van der Waals surface area contributed by atoms with Gasteiger partial charge in [-0.2, -0.15) is 0 Å². The molecule has 5 rings (SSSR count). The molecule has 0 aliphatic carbocycles. The molecule has 36 heavy (non-hydrogen) atoms. The smallest absolute Gasteiger partial charge is 0.410 e. The first-order chi connectivity index (χ1) is 17.2. The number of aromatic nitrogens is 3. The normalized spacial score (nSPS) is 12.9. The molecule has 9 heteroatoms. The maximum Gasteiger partial charge on any atom is 0.410 e. The Morgan fingerprint density at radius 2 is 1.86 bits per heavy atom. The van der Waals surface area contributed by atoms with Crippen LogP contribution in [0.25, 0.3) is 10.9 Å². The van der Waals surface area contributed by atoms with Crippen molar-refractivity contribution < 1.29 is 19.1 Å². The molecule has 2 aromatic carbocycles. The summed E-state index contributed by atoms with van der Waals surface area (Å²) in [4.78, 5) is 35.5. The number of anilines is 1. The van der Waals surface area contributed by atoms with Gasteiger partial charge < -0.3 is 14.8 Å². The lowest BCUT2D eigenvalue weighted by atomic mass is 10.2. The van der Waals surface area contributed by atoms with E-state index in [4.69, 9.17) is 9.47 Å². The number of carbonyl (C=O) groups is 2. The van der Waals surface area contributed by atoms with Crippen LogP contribution in [0.2, 0.25) is 0 Å². The van der Waals surface area contributed by atoms with Gasteiger partial charge in [-0.15, -0.1) is 0 Å². The molecule has 1 aliphatic heterocycles. The van der Waals surface area contributed by atoms with Gasteiger partial charge in [-0.1, -0.05) is 12.1 Å². The minimum absolute atomic E-state index is 0.250. The van der Waals surface area contributed by atoms with Gasteiger partial charge in [-0.05, 0) is 69.7 Å². The van der Waals surface area contributed by atoms with Crippen molar-refractivity contribution in [2.24, 2.45) is 0 Å². The molecule has 1 N–H and O–H groups in total. The molecular formula is C27H27N5O4. The Kier molecular flexibility index (Phi) is 5.83. The second kappa shape index (κ2) is 8.99. The number of hydrogen-bond donors (Lipinski definition) is 1. The number of ether oxygens (including phenoxy) is 2. The molecule has 0 unspecified atom stereocenters. The van der Waals surface area contributed by atoms with E-state index in [-0.39, 0.29) is 6.03 Å². The molecule has 3 heterocycles. The number of benzene rings is 2. The molecule has 184 valence electrons. The maximum atomic E-state index is 12.8. The predicted octanol–water partition coefficient (Wildman–Crippen LogP) is 5.86. The van der Waals surface area contributed by atoms with Gasteiger partial charge in [0, 0.05) is 17.3 Å². The molecule has 0 radical (unpaired) electrons. The summed E-state index contributed by atoms with van der Waals surface area (Å²) in [5, 5.41) is 3.76. The molecule has 4 aromatic rings. The standard InChI is InChI=1S/C27H27N5O4/c1-17-6-5-7-19(12-17)30-25(33)32-11-10-18-13-20(8-9-23(18)32)35-24-21-14-31(15-22(21)28-16-29-24)26(34)36-27(2,3)4/h5-13,16H,14-15H2,1-4H3,(H,30,33). The molecule has 0 saturated heterocycles. The maximum absolute atomic E-state index is 12.8. The highest BCUT2D eigenvalue weighted by Gasteiger charge is 2.31. The quantitative estimate of drug-likeness (QED) is 0.390. The van der Waals surface area contributed by atoms with E-state index in [9.17, 15) is 9.59 Å². The van der Waals surface area contributed by atoms with Gasteiger partial charge in [0.15, 0.2) is 0 Å². The third-order valence-electron chi connectivity index (χ3n) is 5.70. The highest BCUT2D eigenvalue weighted by atomic mass is 16.6. The van der Waals surface area contributed by atoms with E-state index in [2.05, 4.69) is 15.3 Å². The summed E-state index contributed by atoms with van der Waals surface area (Å²) in [6.45, 7) is 8.11. The van der Waals surface area contributed by atoms with E-state index in [1.165, 1.54) is 6.33 Å². The summed E-state index contributed by atoms with van der Waals surface area (Å²) in [5.41, 5.74) is 3.44. The topological polar surface area (TPSA) is 98.6 Å². The van der Waals surface area contributed by atoms with Crippen LogP contribution >= 0.6 is 0 Å². The highest BCUT2D eigenvalue weighted by molar-refractivity contribution is 5.98. The first-order valence-electron chi connectivity index (χ1n) is 11.6. The molecule has 0 bridgehead atoms. The van der Waals surface area contributed by atoms with Crippen LogP contribution in [0.3, 0.4) is 0 Å². The lowest BCUT2D eigenvalue weighted by Crippen LogP contribution is -2.33. The summed E-state index contributed by atoms with van der Waals surface area (Å²) in [6.07, 6.45) is 2.75. The van der Waals surface area contributed by atoms with Crippen LogP contribution in [0.1, 0.15) is 37.6 Å². The second-order valence-corrected chi connectivity index (χ2v) is 9.75. The summed E-state index contributed by atoms with van der Waals surface area (Å²) in [5.74, 6) is 0.956. The van der Waals surface area contributed by atoms with E-state index in [0.29, 0.717) is 24.7 Å². The summed E-state index contributed by atoms with van der Waals surface area (Å²) in [7, 11) is 0. The van der Waals surface area contributed by atoms with Crippen molar-refractivity contribution in [1.82, 2.24) is 19.4 Å². The zero-order valence-corrected chi connectivity index (χ0v) is 20.6. The number of nitrogens with zero attached hydrogens (tertiary/aromatic N) is 4. The van der Waals surface area contributed by atoms with Crippen LogP contribution in [0.15, 0.2) is 61.1 Å². The van der Waals surface area contributed by atoms with Gasteiger partial charge in [0.2, 0.25) is 5.88 Å². The number of fused-ring (bicyclic) bond motifs is 2. The fraction of sp³-hybridized carbons (Fsp3) is 0.259. The van der Waals surface area contributed by atoms with Gasteiger partial charge in [0.25, 0.3) is 0 Å². The van der Waals surface area contributed by atoms with Crippen LogP contribution in [-0.4, -0.2) is 37.2 Å². The number of amides is 2. The van der Waals surface area contributed by atoms with E-state index >= 15 is 0 Å². The summed E-state index contributed by atoms with van der Waals surface area (Å²) in [6, 6.07) is 14.7. The van der Waals surface area contributed by atoms with Gasteiger partial charge >= 0.3 is 12.1 Å². The average Bonchev–Trinajstić information content (AvgIpc) is 3.43. The van der Waals surface area contributed by atoms with Crippen molar-refractivity contribution in [3.63, 3.8) is 0 Å². The predicted molar refractivity (Wildman–Crippen MR) is 135 cm³/mol. The molecule has 0 saturated carbocycles. The molecule has 2 aromatic heterocycles. The minimum Gasteiger partial charge on any atom is -0.444 e. The number of aryl methyl sites for hydroxylation is 1. The fourth-order valence-corrected chi connectivity index (χ4v) is 4.08. The van der Waals surface area contributed by atoms with Crippen molar-refractivity contribution >= 4 is 28.7 Å². The van der Waals surface area contributed by atoms with Gasteiger partial charge in [-0.3, -0.25) is 9.47 Å². The van der Waals surface area contributed by atoms with Gasteiger partial charge in [0.05, 0.1) is 29.9 Å². The second-order valence-electron chi connectivity index (χ2n) is 9.75. The van der Waals surface area contributed by atoms with Crippen LogP contribution < -0.4 is 10.1 Å². The van der Waals surface area contributed by atoms with Gasteiger partial charge in [-0.25, -0.2) is 19.6 Å². The minimum atomic E-state index is -0.584. The Balaban J connectivity index is 1.33. The summed E-state index contributed by atoms with van der Waals surface area (Å²) < 4.78 is 13.1. The number of hydrogen-bond acceptors (Lipinski definition) is 6. The first-order valence-corrected chi connectivity index (χ1v) is 11.6. The molecule has 1 aliphatic rings. The molecular weight excluding hydrogens is 458 g/mol.